The molecule has 7 heteroatoms. The number of hydrogen-bond donors (Lipinski definition) is 1. The summed E-state index contributed by atoms with van der Waals surface area (Å²) < 4.78 is 15.8. The van der Waals surface area contributed by atoms with E-state index in [1.165, 1.54) is 0 Å². The molecule has 1 N–H and O–H groups in total. The molecule has 1 fully saturated rings. The molecule has 25 heavy (non-hydrogen) atoms. The van der Waals surface area contributed by atoms with Gasteiger partial charge in [-0.2, -0.15) is 0 Å². The van der Waals surface area contributed by atoms with E-state index in [0.717, 1.165) is 13.1 Å². The average Bonchev–Trinajstić information content (AvgIpc) is 3.25. The second kappa shape index (κ2) is 8.03. The molecule has 2 aliphatic heterocycles. The van der Waals surface area contributed by atoms with Gasteiger partial charge in [-0.15, -0.1) is 0 Å². The predicted molar refractivity (Wildman–Crippen MR) is 91.9 cm³/mol. The lowest BCUT2D eigenvalue weighted by molar-refractivity contribution is 0.0778. The molecule has 0 saturated carbocycles. The summed E-state index contributed by atoms with van der Waals surface area (Å²) in [4.78, 5) is 16.8. The number of carbonyl (C=O) groups excluding carboxylic acids is 1. The van der Waals surface area contributed by atoms with Crippen LogP contribution in [0.25, 0.3) is 0 Å². The van der Waals surface area contributed by atoms with Gasteiger partial charge in [0, 0.05) is 51.4 Å². The van der Waals surface area contributed by atoms with Crippen LogP contribution in [0.1, 0.15) is 10.4 Å². The molecule has 1 aromatic carbocycles. The Bertz CT molecular complexity index is 609. The second-order valence-corrected chi connectivity index (χ2v) is 6.74. The number of carbonyl (C=O) groups is 1. The summed E-state index contributed by atoms with van der Waals surface area (Å²) in [5.74, 6) is 1.61. The Balaban J connectivity index is 1.63. The summed E-state index contributed by atoms with van der Waals surface area (Å²) in [5.41, 5.74) is 0.592. The van der Waals surface area contributed by atoms with E-state index in [0.29, 0.717) is 36.8 Å². The predicted octanol–water partition coefficient (Wildman–Crippen LogP) is 0.674. The Morgan fingerprint density at radius 2 is 2.08 bits per heavy atom. The highest BCUT2D eigenvalue weighted by Gasteiger charge is 2.35. The van der Waals surface area contributed by atoms with Crippen LogP contribution in [-0.2, 0) is 4.74 Å². The minimum Gasteiger partial charge on any atom is -0.454 e. The van der Waals surface area contributed by atoms with E-state index >= 15 is 0 Å². The molecule has 7 nitrogen and oxygen atoms in total. The summed E-state index contributed by atoms with van der Waals surface area (Å²) in [6.45, 7) is 3.85. The first kappa shape index (κ1) is 18.0. The first-order chi connectivity index (χ1) is 12.1. The van der Waals surface area contributed by atoms with Gasteiger partial charge in [-0.25, -0.2) is 0 Å². The van der Waals surface area contributed by atoms with Crippen molar-refractivity contribution in [1.82, 2.24) is 9.80 Å². The van der Waals surface area contributed by atoms with Gasteiger partial charge in [-0.1, -0.05) is 0 Å². The molecule has 1 aromatic rings. The van der Waals surface area contributed by atoms with Crippen LogP contribution < -0.4 is 9.47 Å². The summed E-state index contributed by atoms with van der Waals surface area (Å²) in [5, 5.41) is 9.70. The van der Waals surface area contributed by atoms with Gasteiger partial charge in [0.1, 0.15) is 0 Å². The lowest BCUT2D eigenvalue weighted by atomic mass is 9.96. The van der Waals surface area contributed by atoms with Crippen LogP contribution in [0, 0.1) is 11.8 Å². The Hall–Kier alpha value is -1.83. The molecule has 1 amide bonds. The Morgan fingerprint density at radius 3 is 2.84 bits per heavy atom. The molecule has 0 unspecified atom stereocenters. The van der Waals surface area contributed by atoms with Crippen molar-refractivity contribution in [3.8, 4) is 11.5 Å². The van der Waals surface area contributed by atoms with Gasteiger partial charge < -0.3 is 29.1 Å². The van der Waals surface area contributed by atoms with Crippen molar-refractivity contribution >= 4 is 5.91 Å². The van der Waals surface area contributed by atoms with Gasteiger partial charge in [0.2, 0.25) is 6.79 Å². The van der Waals surface area contributed by atoms with Crippen molar-refractivity contribution in [1.29, 1.82) is 0 Å². The van der Waals surface area contributed by atoms with E-state index in [9.17, 15) is 9.90 Å². The van der Waals surface area contributed by atoms with Gasteiger partial charge in [0.15, 0.2) is 11.5 Å². The summed E-state index contributed by atoms with van der Waals surface area (Å²) >= 11 is 0. The smallest absolute Gasteiger partial charge is 0.254 e. The molecule has 0 aromatic heterocycles. The van der Waals surface area contributed by atoms with Crippen molar-refractivity contribution in [3.63, 3.8) is 0 Å². The molecule has 0 bridgehead atoms. The fraction of sp³-hybridized carbons (Fsp3) is 0.611. The summed E-state index contributed by atoms with van der Waals surface area (Å²) in [6, 6.07) is 5.27. The molecule has 2 heterocycles. The average molecular weight is 350 g/mol. The maximum Gasteiger partial charge on any atom is 0.254 e. The molecular weight excluding hydrogens is 324 g/mol. The van der Waals surface area contributed by atoms with Gasteiger partial charge in [0.25, 0.3) is 5.91 Å². The second-order valence-electron chi connectivity index (χ2n) is 6.74. The third kappa shape index (κ3) is 4.05. The number of aliphatic hydroxyl groups excluding tert-OH is 1. The van der Waals surface area contributed by atoms with Crippen molar-refractivity contribution in [2.45, 2.75) is 0 Å². The third-order valence-corrected chi connectivity index (χ3v) is 4.94. The van der Waals surface area contributed by atoms with Crippen molar-refractivity contribution in [2.24, 2.45) is 11.8 Å². The van der Waals surface area contributed by atoms with E-state index in [1.807, 2.05) is 11.9 Å². The van der Waals surface area contributed by atoms with Gasteiger partial charge in [-0.3, -0.25) is 4.79 Å². The number of likely N-dealkylation sites (N-methyl/N-ethyl adjacent to an activating group) is 1. The molecular formula is C18H26N2O5. The minimum atomic E-state index is -0.0289. The van der Waals surface area contributed by atoms with E-state index < -0.39 is 0 Å². The topological polar surface area (TPSA) is 71.5 Å². The van der Waals surface area contributed by atoms with Gasteiger partial charge in [0.05, 0.1) is 6.61 Å². The fourth-order valence-electron chi connectivity index (χ4n) is 3.47. The zero-order valence-corrected chi connectivity index (χ0v) is 14.8. The Kier molecular flexibility index (Phi) is 5.78. The van der Waals surface area contributed by atoms with Crippen LogP contribution in [0.15, 0.2) is 18.2 Å². The molecule has 2 atom stereocenters. The highest BCUT2D eigenvalue weighted by molar-refractivity contribution is 5.95. The Morgan fingerprint density at radius 1 is 1.32 bits per heavy atom. The summed E-state index contributed by atoms with van der Waals surface area (Å²) in [7, 11) is 3.72. The van der Waals surface area contributed by atoms with Crippen LogP contribution in [0.4, 0.5) is 0 Å². The minimum absolute atomic E-state index is 0.0289. The maximum absolute atomic E-state index is 12.8. The molecule has 138 valence electrons. The zero-order valence-electron chi connectivity index (χ0n) is 14.8. The monoisotopic (exact) mass is 350 g/mol. The maximum atomic E-state index is 12.8. The SMILES string of the molecule is COCCN(C)C[C@@H]1CN(C(=O)c2ccc3c(c2)OCO3)C[C@@H]1CO. The van der Waals surface area contributed by atoms with Crippen LogP contribution in [0.5, 0.6) is 11.5 Å². The quantitative estimate of drug-likeness (QED) is 0.780. The number of nitrogens with zero attached hydrogens (tertiary/aromatic N) is 2. The lowest BCUT2D eigenvalue weighted by Gasteiger charge is -2.23. The highest BCUT2D eigenvalue weighted by atomic mass is 16.7. The number of aliphatic hydroxyl groups is 1. The van der Waals surface area contributed by atoms with Crippen molar-refractivity contribution < 1.29 is 24.1 Å². The zero-order chi connectivity index (χ0) is 17.8. The van der Waals surface area contributed by atoms with Crippen LogP contribution in [-0.4, -0.2) is 81.2 Å². The van der Waals surface area contributed by atoms with Crippen molar-refractivity contribution in [2.75, 3.05) is 60.3 Å². The van der Waals surface area contributed by atoms with Crippen LogP contribution >= 0.6 is 0 Å². The van der Waals surface area contributed by atoms with Crippen LogP contribution in [0.2, 0.25) is 0 Å². The number of methoxy groups -OCH3 is 1. The van der Waals surface area contributed by atoms with Gasteiger partial charge in [-0.05, 0) is 31.2 Å². The fourth-order valence-corrected chi connectivity index (χ4v) is 3.47. The van der Waals surface area contributed by atoms with Gasteiger partial charge >= 0.3 is 0 Å². The first-order valence-electron chi connectivity index (χ1n) is 8.59. The van der Waals surface area contributed by atoms with E-state index in [2.05, 4.69) is 4.90 Å². The molecule has 0 spiro atoms. The van der Waals surface area contributed by atoms with E-state index in [4.69, 9.17) is 14.2 Å². The molecule has 3 rings (SSSR count). The number of ether oxygens (including phenoxy) is 3. The largest absolute Gasteiger partial charge is 0.454 e. The van der Waals surface area contributed by atoms with E-state index in [1.54, 1.807) is 25.3 Å². The van der Waals surface area contributed by atoms with Crippen molar-refractivity contribution in [3.05, 3.63) is 23.8 Å². The number of rotatable bonds is 7. The molecule has 0 radical (unpaired) electrons. The normalized spacial score (nSPS) is 22.0. The summed E-state index contributed by atoms with van der Waals surface area (Å²) in [6.07, 6.45) is 0. The standard InChI is InChI=1S/C18H26N2O5/c1-19(5-6-23-2)8-14-9-20(10-15(14)11-21)18(22)13-3-4-16-17(7-13)25-12-24-16/h3-4,7,14-15,21H,5-6,8-12H2,1-2H3/t14-,15-/m1/s1. The number of fused-ring (bicyclic) bond motifs is 1. The van der Waals surface area contributed by atoms with E-state index in [-0.39, 0.29) is 31.1 Å². The third-order valence-electron chi connectivity index (χ3n) is 4.94. The molecule has 2 aliphatic rings. The van der Waals surface area contributed by atoms with Crippen LogP contribution in [0.3, 0.4) is 0 Å². The molecule has 1 saturated heterocycles. The highest BCUT2D eigenvalue weighted by Crippen LogP contribution is 2.33. The molecule has 0 aliphatic carbocycles. The Labute approximate surface area is 148 Å². The first-order valence-corrected chi connectivity index (χ1v) is 8.59. The number of amides is 1. The number of hydrogen-bond acceptors (Lipinski definition) is 6. The number of likely N-dealkylation sites (tertiary alicyclic amines) is 1. The number of benzene rings is 1. The lowest BCUT2D eigenvalue weighted by Crippen LogP contribution is -2.33.